The van der Waals surface area contributed by atoms with Crippen molar-refractivity contribution in [2.75, 3.05) is 18.4 Å². The Morgan fingerprint density at radius 3 is 2.55 bits per heavy atom. The Hall–Kier alpha value is -3.93. The predicted molar refractivity (Wildman–Crippen MR) is 121 cm³/mol. The van der Waals surface area contributed by atoms with Crippen molar-refractivity contribution < 1.29 is 14.0 Å². The molecule has 168 valence electrons. The summed E-state index contributed by atoms with van der Waals surface area (Å²) >= 11 is 0. The number of hydrogen-bond acceptors (Lipinski definition) is 4. The molecule has 0 radical (unpaired) electrons. The fraction of sp³-hybridized carbons (Fsp3) is 0.333. The third-order valence-electron chi connectivity index (χ3n) is 6.02. The van der Waals surface area contributed by atoms with Crippen molar-refractivity contribution in [3.8, 4) is 6.07 Å². The number of halogens is 1. The Morgan fingerprint density at radius 1 is 1.12 bits per heavy atom. The van der Waals surface area contributed by atoms with Gasteiger partial charge in [0, 0.05) is 29.9 Å². The number of nitriles is 1. The third kappa shape index (κ3) is 4.51. The van der Waals surface area contributed by atoms with Crippen LogP contribution in [0.2, 0.25) is 0 Å². The van der Waals surface area contributed by atoms with Gasteiger partial charge in [0.1, 0.15) is 11.4 Å². The Kier molecular flexibility index (Phi) is 5.21. The van der Waals surface area contributed by atoms with Gasteiger partial charge in [-0.25, -0.2) is 4.39 Å². The van der Waals surface area contributed by atoms with Crippen LogP contribution in [0.25, 0.3) is 0 Å². The SMILES string of the molecule is N#CC1(NC(=O)c2cccc(Nc3c(F)cc(C(=O)N=C4NCCN4)cc3C3CC3)c2)CC1. The first-order valence-corrected chi connectivity index (χ1v) is 11.0. The average molecular weight is 446 g/mol. The molecule has 33 heavy (non-hydrogen) atoms. The van der Waals surface area contributed by atoms with Gasteiger partial charge in [-0.3, -0.25) is 9.59 Å². The monoisotopic (exact) mass is 446 g/mol. The molecule has 0 aromatic heterocycles. The van der Waals surface area contributed by atoms with Gasteiger partial charge in [0.25, 0.3) is 11.8 Å². The lowest BCUT2D eigenvalue weighted by molar-refractivity contribution is 0.0940. The number of rotatable bonds is 6. The lowest BCUT2D eigenvalue weighted by Crippen LogP contribution is -2.35. The number of anilines is 2. The lowest BCUT2D eigenvalue weighted by atomic mass is 10.0. The third-order valence-corrected chi connectivity index (χ3v) is 6.02. The Bertz CT molecular complexity index is 1200. The molecule has 2 aromatic carbocycles. The van der Waals surface area contributed by atoms with E-state index in [2.05, 4.69) is 32.3 Å². The van der Waals surface area contributed by atoms with E-state index in [9.17, 15) is 14.9 Å². The van der Waals surface area contributed by atoms with Crippen molar-refractivity contribution in [3.05, 3.63) is 58.9 Å². The van der Waals surface area contributed by atoms with Crippen LogP contribution in [0.1, 0.15) is 57.9 Å². The molecule has 5 rings (SSSR count). The quantitative estimate of drug-likeness (QED) is 0.542. The number of hydrogen-bond donors (Lipinski definition) is 4. The molecule has 0 atom stereocenters. The van der Waals surface area contributed by atoms with Crippen LogP contribution in [0.4, 0.5) is 15.8 Å². The van der Waals surface area contributed by atoms with Crippen molar-refractivity contribution in [2.45, 2.75) is 37.1 Å². The zero-order valence-electron chi connectivity index (χ0n) is 17.9. The first-order chi connectivity index (χ1) is 16.0. The molecule has 2 amide bonds. The van der Waals surface area contributed by atoms with Gasteiger partial charge in [-0.1, -0.05) is 6.07 Å². The molecular weight excluding hydrogens is 423 g/mol. The summed E-state index contributed by atoms with van der Waals surface area (Å²) in [5.41, 5.74) is 1.38. The second kappa shape index (κ2) is 8.20. The largest absolute Gasteiger partial charge is 0.354 e. The number of benzene rings is 2. The highest BCUT2D eigenvalue weighted by Crippen LogP contribution is 2.45. The van der Waals surface area contributed by atoms with Crippen LogP contribution in [0, 0.1) is 17.1 Å². The molecule has 0 spiro atoms. The summed E-state index contributed by atoms with van der Waals surface area (Å²) in [4.78, 5) is 29.1. The van der Waals surface area contributed by atoms with Gasteiger partial charge in [0.05, 0.1) is 11.8 Å². The van der Waals surface area contributed by atoms with E-state index in [0.29, 0.717) is 48.8 Å². The summed E-state index contributed by atoms with van der Waals surface area (Å²) in [6.07, 6.45) is 3.13. The molecular formula is C24H23FN6O2. The first kappa shape index (κ1) is 20.9. The van der Waals surface area contributed by atoms with Gasteiger partial charge >= 0.3 is 0 Å². The van der Waals surface area contributed by atoms with E-state index >= 15 is 4.39 Å². The van der Waals surface area contributed by atoms with Crippen molar-refractivity contribution in [3.63, 3.8) is 0 Å². The number of nitrogens with zero attached hydrogens (tertiary/aromatic N) is 2. The minimum Gasteiger partial charge on any atom is -0.354 e. The number of nitrogens with one attached hydrogen (secondary N) is 4. The van der Waals surface area contributed by atoms with Gasteiger partial charge < -0.3 is 21.3 Å². The average Bonchev–Trinajstić information content (AvgIpc) is 3.74. The van der Waals surface area contributed by atoms with Gasteiger partial charge in [0.2, 0.25) is 0 Å². The Balaban J connectivity index is 1.39. The minimum absolute atomic E-state index is 0.168. The zero-order chi connectivity index (χ0) is 23.0. The summed E-state index contributed by atoms with van der Waals surface area (Å²) in [7, 11) is 0. The predicted octanol–water partition coefficient (Wildman–Crippen LogP) is 2.92. The number of guanidine groups is 1. The molecule has 9 heteroatoms. The summed E-state index contributed by atoms with van der Waals surface area (Å²) in [5.74, 6) is -0.831. The fourth-order valence-corrected chi connectivity index (χ4v) is 3.83. The molecule has 2 saturated carbocycles. The minimum atomic E-state index is -0.763. The second-order valence-electron chi connectivity index (χ2n) is 8.67. The van der Waals surface area contributed by atoms with Gasteiger partial charge in [-0.15, -0.1) is 0 Å². The van der Waals surface area contributed by atoms with Crippen LogP contribution in [0.5, 0.6) is 0 Å². The molecule has 8 nitrogen and oxygen atoms in total. The Morgan fingerprint density at radius 2 is 1.88 bits per heavy atom. The highest BCUT2D eigenvalue weighted by atomic mass is 19.1. The van der Waals surface area contributed by atoms with E-state index in [1.54, 1.807) is 30.3 Å². The normalized spacial score (nSPS) is 17.9. The molecule has 1 heterocycles. The topological polar surface area (TPSA) is 118 Å². The van der Waals surface area contributed by atoms with Crippen molar-refractivity contribution >= 4 is 29.1 Å². The van der Waals surface area contributed by atoms with Crippen molar-refractivity contribution in [1.29, 1.82) is 5.26 Å². The van der Waals surface area contributed by atoms with Gasteiger partial charge in [0.15, 0.2) is 5.96 Å². The molecule has 1 aliphatic heterocycles. The number of carbonyl (C=O) groups excluding carboxylic acids is 2. The van der Waals surface area contributed by atoms with E-state index in [-0.39, 0.29) is 17.4 Å². The molecule has 3 fully saturated rings. The number of carbonyl (C=O) groups is 2. The molecule has 0 bridgehead atoms. The summed E-state index contributed by atoms with van der Waals surface area (Å²) in [5, 5.41) is 21.0. The van der Waals surface area contributed by atoms with Crippen LogP contribution in [0.3, 0.4) is 0 Å². The maximum Gasteiger partial charge on any atom is 0.280 e. The lowest BCUT2D eigenvalue weighted by Gasteiger charge is -2.15. The molecule has 2 aliphatic carbocycles. The molecule has 2 aromatic rings. The maximum absolute atomic E-state index is 15.2. The molecule has 4 N–H and O–H groups in total. The van der Waals surface area contributed by atoms with E-state index < -0.39 is 17.3 Å². The molecule has 1 saturated heterocycles. The number of amides is 2. The van der Waals surface area contributed by atoms with E-state index in [4.69, 9.17) is 0 Å². The van der Waals surface area contributed by atoms with E-state index in [1.807, 2.05) is 0 Å². The summed E-state index contributed by atoms with van der Waals surface area (Å²) < 4.78 is 15.2. The zero-order valence-corrected chi connectivity index (χ0v) is 17.9. The smallest absolute Gasteiger partial charge is 0.280 e. The maximum atomic E-state index is 15.2. The van der Waals surface area contributed by atoms with Crippen LogP contribution in [0.15, 0.2) is 41.4 Å². The highest BCUT2D eigenvalue weighted by molar-refractivity contribution is 6.03. The van der Waals surface area contributed by atoms with Gasteiger partial charge in [-0.2, -0.15) is 10.3 Å². The molecule has 3 aliphatic rings. The van der Waals surface area contributed by atoms with Crippen LogP contribution < -0.4 is 21.3 Å². The molecule has 0 unspecified atom stereocenters. The highest BCUT2D eigenvalue weighted by Gasteiger charge is 2.44. The fourth-order valence-electron chi connectivity index (χ4n) is 3.83. The van der Waals surface area contributed by atoms with Crippen LogP contribution in [-0.4, -0.2) is 36.4 Å². The van der Waals surface area contributed by atoms with E-state index in [1.165, 1.54) is 6.07 Å². The van der Waals surface area contributed by atoms with E-state index in [0.717, 1.165) is 18.4 Å². The first-order valence-electron chi connectivity index (χ1n) is 11.0. The van der Waals surface area contributed by atoms with Crippen LogP contribution in [-0.2, 0) is 0 Å². The summed E-state index contributed by atoms with van der Waals surface area (Å²) in [6, 6.07) is 11.7. The summed E-state index contributed by atoms with van der Waals surface area (Å²) in [6.45, 7) is 1.37. The van der Waals surface area contributed by atoms with Gasteiger partial charge in [-0.05, 0) is 67.5 Å². The second-order valence-corrected chi connectivity index (χ2v) is 8.67. The van der Waals surface area contributed by atoms with Crippen molar-refractivity contribution in [2.24, 2.45) is 4.99 Å². The Labute approximate surface area is 190 Å². The standard InChI is InChI=1S/C24H23FN6O2/c25-19-12-16(21(32)30-23-27-8-9-28-23)11-18(14-4-5-14)20(19)29-17-3-1-2-15(10-17)22(33)31-24(13-26)6-7-24/h1-3,10-12,14,29H,4-9H2,(H,31,33)(H2,27,28,30,32). The van der Waals surface area contributed by atoms with Crippen molar-refractivity contribution in [1.82, 2.24) is 16.0 Å². The number of aliphatic imine (C=N–C) groups is 1. The van der Waals surface area contributed by atoms with Crippen LogP contribution >= 0.6 is 0 Å².